The van der Waals surface area contributed by atoms with Gasteiger partial charge in [0, 0.05) is 18.8 Å². The minimum atomic E-state index is -3.54. The molecule has 30 heavy (non-hydrogen) atoms. The fourth-order valence-electron chi connectivity index (χ4n) is 3.48. The van der Waals surface area contributed by atoms with E-state index in [4.69, 9.17) is 4.74 Å². The van der Waals surface area contributed by atoms with E-state index in [0.29, 0.717) is 18.8 Å². The molecule has 0 unspecified atom stereocenters. The maximum Gasteiger partial charge on any atom is 0.243 e. The average Bonchev–Trinajstić information content (AvgIpc) is 2.72. The lowest BCUT2D eigenvalue weighted by Crippen LogP contribution is -2.35. The van der Waals surface area contributed by atoms with E-state index in [9.17, 15) is 13.2 Å². The molecule has 0 aliphatic carbocycles. The zero-order valence-corrected chi connectivity index (χ0v) is 18.7. The van der Waals surface area contributed by atoms with E-state index < -0.39 is 10.0 Å². The molecule has 1 saturated heterocycles. The van der Waals surface area contributed by atoms with E-state index in [1.165, 1.54) is 4.31 Å². The van der Waals surface area contributed by atoms with Crippen molar-refractivity contribution >= 4 is 21.6 Å². The summed E-state index contributed by atoms with van der Waals surface area (Å²) in [7, 11) is -3.54. The highest BCUT2D eigenvalue weighted by Crippen LogP contribution is 2.25. The molecule has 7 heteroatoms. The first-order valence-electron chi connectivity index (χ1n) is 10.4. The summed E-state index contributed by atoms with van der Waals surface area (Å²) in [5, 5.41) is 2.84. The molecule has 0 saturated carbocycles. The monoisotopic (exact) mass is 430 g/mol. The third-order valence-corrected chi connectivity index (χ3v) is 7.26. The zero-order chi connectivity index (χ0) is 21.7. The van der Waals surface area contributed by atoms with Gasteiger partial charge in [-0.2, -0.15) is 4.31 Å². The lowest BCUT2D eigenvalue weighted by atomic mass is 10.1. The highest BCUT2D eigenvalue weighted by Gasteiger charge is 2.26. The minimum absolute atomic E-state index is 0.177. The number of aryl methyl sites for hydroxylation is 3. The number of anilines is 1. The van der Waals surface area contributed by atoms with Crippen LogP contribution >= 0.6 is 0 Å². The predicted molar refractivity (Wildman–Crippen MR) is 118 cm³/mol. The van der Waals surface area contributed by atoms with E-state index in [1.807, 2.05) is 39.0 Å². The molecule has 0 atom stereocenters. The van der Waals surface area contributed by atoms with E-state index in [2.05, 4.69) is 5.32 Å². The SMILES string of the molecule is Cc1ccc(C)c(OCCC(=O)Nc2cc(S(=O)(=O)N3CCCCC3)ccc2C)c1. The highest BCUT2D eigenvalue weighted by molar-refractivity contribution is 7.89. The largest absolute Gasteiger partial charge is 0.493 e. The van der Waals surface area contributed by atoms with Crippen LogP contribution in [0.4, 0.5) is 5.69 Å². The van der Waals surface area contributed by atoms with Crippen LogP contribution in [0, 0.1) is 20.8 Å². The van der Waals surface area contributed by atoms with Crippen molar-refractivity contribution in [3.63, 3.8) is 0 Å². The summed E-state index contributed by atoms with van der Waals surface area (Å²) < 4.78 is 33.1. The van der Waals surface area contributed by atoms with Crippen LogP contribution in [0.5, 0.6) is 5.75 Å². The number of nitrogens with zero attached hydrogens (tertiary/aromatic N) is 1. The number of ether oxygens (including phenoxy) is 1. The summed E-state index contributed by atoms with van der Waals surface area (Å²) in [4.78, 5) is 12.6. The number of piperidine rings is 1. The Balaban J connectivity index is 1.63. The maximum atomic E-state index is 12.9. The van der Waals surface area contributed by atoms with Gasteiger partial charge in [-0.15, -0.1) is 0 Å². The van der Waals surface area contributed by atoms with Crippen LogP contribution < -0.4 is 10.1 Å². The van der Waals surface area contributed by atoms with Gasteiger partial charge in [0.1, 0.15) is 5.75 Å². The number of carbonyl (C=O) groups excluding carboxylic acids is 1. The Morgan fingerprint density at radius 3 is 2.43 bits per heavy atom. The Labute approximate surface area is 179 Å². The highest BCUT2D eigenvalue weighted by atomic mass is 32.2. The average molecular weight is 431 g/mol. The number of rotatable bonds is 7. The predicted octanol–water partition coefficient (Wildman–Crippen LogP) is 4.19. The third-order valence-electron chi connectivity index (χ3n) is 5.37. The molecule has 6 nitrogen and oxygen atoms in total. The van der Waals surface area contributed by atoms with E-state index in [0.717, 1.165) is 41.7 Å². The molecular weight excluding hydrogens is 400 g/mol. The van der Waals surface area contributed by atoms with Gasteiger partial charge in [-0.1, -0.05) is 24.6 Å². The maximum absolute atomic E-state index is 12.9. The molecule has 0 spiro atoms. The van der Waals surface area contributed by atoms with Gasteiger partial charge in [-0.05, 0) is 68.5 Å². The van der Waals surface area contributed by atoms with Crippen LogP contribution in [0.1, 0.15) is 42.4 Å². The normalized spacial score (nSPS) is 15.0. The first-order valence-corrected chi connectivity index (χ1v) is 11.8. The Kier molecular flexibility index (Phi) is 7.15. The molecule has 0 radical (unpaired) electrons. The van der Waals surface area contributed by atoms with E-state index >= 15 is 0 Å². The standard InChI is InChI=1S/C23H30N2O4S/c1-17-7-8-19(3)22(15-17)29-14-11-23(26)24-21-16-20(10-9-18(21)2)30(27,28)25-12-5-4-6-13-25/h7-10,15-16H,4-6,11-14H2,1-3H3,(H,24,26). The topological polar surface area (TPSA) is 75.7 Å². The summed E-state index contributed by atoms with van der Waals surface area (Å²) in [6.45, 7) is 7.15. The van der Waals surface area contributed by atoms with Crippen molar-refractivity contribution < 1.29 is 17.9 Å². The quantitative estimate of drug-likeness (QED) is 0.714. The fraction of sp³-hybridized carbons (Fsp3) is 0.435. The number of benzene rings is 2. The molecule has 1 amide bonds. The number of amides is 1. The molecular formula is C23H30N2O4S. The number of hydrogen-bond donors (Lipinski definition) is 1. The summed E-state index contributed by atoms with van der Waals surface area (Å²) in [5.74, 6) is 0.560. The van der Waals surface area contributed by atoms with Crippen molar-refractivity contribution in [1.82, 2.24) is 4.31 Å². The van der Waals surface area contributed by atoms with E-state index in [1.54, 1.807) is 18.2 Å². The molecule has 2 aromatic rings. The smallest absolute Gasteiger partial charge is 0.243 e. The van der Waals surface area contributed by atoms with Gasteiger partial charge in [-0.3, -0.25) is 4.79 Å². The zero-order valence-electron chi connectivity index (χ0n) is 17.9. The Bertz CT molecular complexity index is 1010. The van der Waals surface area contributed by atoms with Crippen molar-refractivity contribution in [2.45, 2.75) is 51.3 Å². The van der Waals surface area contributed by atoms with Crippen LogP contribution in [-0.4, -0.2) is 38.3 Å². The first kappa shape index (κ1) is 22.3. The van der Waals surface area contributed by atoms with Crippen molar-refractivity contribution in [3.05, 3.63) is 53.1 Å². The molecule has 1 aliphatic heterocycles. The molecule has 2 aromatic carbocycles. The number of hydrogen-bond acceptors (Lipinski definition) is 4. The van der Waals surface area contributed by atoms with Crippen LogP contribution in [0.3, 0.4) is 0 Å². The molecule has 0 aromatic heterocycles. The van der Waals surface area contributed by atoms with Gasteiger partial charge in [-0.25, -0.2) is 8.42 Å². The molecule has 1 fully saturated rings. The second-order valence-corrected chi connectivity index (χ2v) is 9.79. The van der Waals surface area contributed by atoms with Gasteiger partial charge in [0.05, 0.1) is 17.9 Å². The molecule has 162 valence electrons. The Hall–Kier alpha value is -2.38. The third kappa shape index (κ3) is 5.40. The summed E-state index contributed by atoms with van der Waals surface area (Å²) in [6, 6.07) is 10.9. The van der Waals surface area contributed by atoms with Gasteiger partial charge >= 0.3 is 0 Å². The summed E-state index contributed by atoms with van der Waals surface area (Å²) >= 11 is 0. The molecule has 1 aliphatic rings. The van der Waals surface area contributed by atoms with E-state index in [-0.39, 0.29) is 23.8 Å². The van der Waals surface area contributed by atoms with Crippen LogP contribution in [0.25, 0.3) is 0 Å². The van der Waals surface area contributed by atoms with Crippen LogP contribution in [0.15, 0.2) is 41.3 Å². The molecule has 0 bridgehead atoms. The number of sulfonamides is 1. The van der Waals surface area contributed by atoms with Crippen LogP contribution in [-0.2, 0) is 14.8 Å². The van der Waals surface area contributed by atoms with Crippen molar-refractivity contribution in [3.8, 4) is 5.75 Å². The molecule has 1 heterocycles. The Morgan fingerprint density at radius 2 is 1.70 bits per heavy atom. The van der Waals surface area contributed by atoms with Crippen molar-refractivity contribution in [1.29, 1.82) is 0 Å². The molecule has 1 N–H and O–H groups in total. The van der Waals surface area contributed by atoms with Crippen molar-refractivity contribution in [2.75, 3.05) is 25.0 Å². The summed E-state index contributed by atoms with van der Waals surface area (Å²) in [6.07, 6.45) is 3.01. The summed E-state index contributed by atoms with van der Waals surface area (Å²) in [5.41, 5.74) is 3.45. The second kappa shape index (κ2) is 9.62. The number of nitrogens with one attached hydrogen (secondary N) is 1. The van der Waals surface area contributed by atoms with Gasteiger partial charge < -0.3 is 10.1 Å². The second-order valence-electron chi connectivity index (χ2n) is 7.86. The minimum Gasteiger partial charge on any atom is -0.493 e. The Morgan fingerprint density at radius 1 is 1.00 bits per heavy atom. The van der Waals surface area contributed by atoms with Crippen LogP contribution in [0.2, 0.25) is 0 Å². The van der Waals surface area contributed by atoms with Gasteiger partial charge in [0.2, 0.25) is 15.9 Å². The first-order chi connectivity index (χ1) is 14.3. The lowest BCUT2D eigenvalue weighted by molar-refractivity contribution is -0.116. The number of carbonyl (C=O) groups is 1. The van der Waals surface area contributed by atoms with Crippen molar-refractivity contribution in [2.24, 2.45) is 0 Å². The molecule has 3 rings (SSSR count). The van der Waals surface area contributed by atoms with Gasteiger partial charge in [0.25, 0.3) is 0 Å². The lowest BCUT2D eigenvalue weighted by Gasteiger charge is -2.26. The van der Waals surface area contributed by atoms with Gasteiger partial charge in [0.15, 0.2) is 0 Å². The fourth-order valence-corrected chi connectivity index (χ4v) is 5.02.